The molecule has 2 atom stereocenters. The topological polar surface area (TPSA) is 113 Å². The standard InChI is InChI=1S/C27H34N6O4/c1-37-17-16-32-18-20(19-6-3-2-4-7-19)9-10-22(25(32)34)29-26(35)31-14-11-21(12-15-31)33-23-8-5-13-28-24(23)30-27(33)36/h2-8,13,20-22H,9-12,14-18H2,1H3,(H,29,35)(H,28,30,36)/t20?,22-/m1/s1. The highest BCUT2D eigenvalue weighted by Gasteiger charge is 2.34. The van der Waals surface area contributed by atoms with Gasteiger partial charge in [0, 0.05) is 51.4 Å². The maximum Gasteiger partial charge on any atom is 0.327 e. The number of aromatic amines is 1. The highest BCUT2D eigenvalue weighted by Crippen LogP contribution is 2.28. The number of rotatable bonds is 6. The van der Waals surface area contributed by atoms with Crippen LogP contribution >= 0.6 is 0 Å². The first kappa shape index (κ1) is 25.0. The van der Waals surface area contributed by atoms with Crippen molar-refractivity contribution in [1.82, 2.24) is 29.7 Å². The second kappa shape index (κ2) is 11.2. The SMILES string of the molecule is COCCN1CC(c2ccccc2)CC[C@@H](NC(=O)N2CCC(n3c(=O)[nH]c4ncccc43)CC2)C1=O. The van der Waals surface area contributed by atoms with E-state index in [9.17, 15) is 14.4 Å². The molecule has 2 fully saturated rings. The van der Waals surface area contributed by atoms with Crippen LogP contribution in [0, 0.1) is 0 Å². The number of benzene rings is 1. The van der Waals surface area contributed by atoms with Crippen molar-refractivity contribution in [2.45, 2.75) is 43.7 Å². The van der Waals surface area contributed by atoms with E-state index in [1.807, 2.05) is 35.2 Å². The van der Waals surface area contributed by atoms with E-state index in [0.29, 0.717) is 57.7 Å². The van der Waals surface area contributed by atoms with Gasteiger partial charge < -0.3 is 19.9 Å². The lowest BCUT2D eigenvalue weighted by Gasteiger charge is -2.34. The molecule has 5 rings (SSSR count). The van der Waals surface area contributed by atoms with Crippen molar-refractivity contribution >= 4 is 23.1 Å². The zero-order chi connectivity index (χ0) is 25.8. The molecule has 2 aliphatic heterocycles. The minimum absolute atomic E-state index is 0.00909. The molecular formula is C27H34N6O4. The third-order valence-corrected chi connectivity index (χ3v) is 7.60. The summed E-state index contributed by atoms with van der Waals surface area (Å²) in [6.07, 6.45) is 4.36. The number of aromatic nitrogens is 3. The second-order valence-corrected chi connectivity index (χ2v) is 9.85. The minimum Gasteiger partial charge on any atom is -0.383 e. The fourth-order valence-electron chi connectivity index (χ4n) is 5.58. The van der Waals surface area contributed by atoms with Crippen molar-refractivity contribution in [3.05, 3.63) is 64.7 Å². The molecule has 10 heteroatoms. The van der Waals surface area contributed by atoms with Crippen molar-refractivity contribution in [2.24, 2.45) is 0 Å². The molecule has 10 nitrogen and oxygen atoms in total. The summed E-state index contributed by atoms with van der Waals surface area (Å²) in [4.78, 5) is 49.8. The number of hydrogen-bond donors (Lipinski definition) is 2. The number of urea groups is 1. The van der Waals surface area contributed by atoms with Crippen LogP contribution in [0.4, 0.5) is 4.79 Å². The van der Waals surface area contributed by atoms with Gasteiger partial charge in [0.2, 0.25) is 5.91 Å². The molecule has 0 aliphatic carbocycles. The summed E-state index contributed by atoms with van der Waals surface area (Å²) in [5, 5.41) is 3.02. The maximum absolute atomic E-state index is 13.4. The lowest BCUT2D eigenvalue weighted by molar-refractivity contribution is -0.133. The van der Waals surface area contributed by atoms with Gasteiger partial charge in [0.05, 0.1) is 12.1 Å². The van der Waals surface area contributed by atoms with E-state index >= 15 is 0 Å². The number of carbonyl (C=O) groups excluding carboxylic acids is 2. The van der Waals surface area contributed by atoms with Crippen LogP contribution in [0.3, 0.4) is 0 Å². The van der Waals surface area contributed by atoms with Crippen LogP contribution in [0.25, 0.3) is 11.2 Å². The third-order valence-electron chi connectivity index (χ3n) is 7.60. The van der Waals surface area contributed by atoms with Crippen molar-refractivity contribution in [3.8, 4) is 0 Å². The van der Waals surface area contributed by atoms with Gasteiger partial charge in [-0.3, -0.25) is 14.3 Å². The molecule has 4 heterocycles. The van der Waals surface area contributed by atoms with E-state index < -0.39 is 6.04 Å². The molecule has 3 aromatic rings. The van der Waals surface area contributed by atoms with Gasteiger partial charge in [0.25, 0.3) is 0 Å². The Morgan fingerprint density at radius 3 is 2.62 bits per heavy atom. The molecule has 3 amide bonds. The Morgan fingerprint density at radius 1 is 1.08 bits per heavy atom. The quantitative estimate of drug-likeness (QED) is 0.534. The summed E-state index contributed by atoms with van der Waals surface area (Å²) in [6.45, 7) is 2.57. The Kier molecular flexibility index (Phi) is 7.55. The number of ether oxygens (including phenoxy) is 1. The van der Waals surface area contributed by atoms with Gasteiger partial charge in [-0.25, -0.2) is 14.6 Å². The lowest BCUT2D eigenvalue weighted by atomic mass is 9.94. The number of H-pyrrole nitrogens is 1. The largest absolute Gasteiger partial charge is 0.383 e. The molecule has 2 aliphatic rings. The Bertz CT molecular complexity index is 1280. The van der Waals surface area contributed by atoms with Gasteiger partial charge in [-0.05, 0) is 43.4 Å². The van der Waals surface area contributed by atoms with Crippen molar-refractivity contribution in [2.75, 3.05) is 39.9 Å². The van der Waals surface area contributed by atoms with Gasteiger partial charge in [-0.15, -0.1) is 0 Å². The maximum atomic E-state index is 13.4. The van der Waals surface area contributed by atoms with Crippen molar-refractivity contribution < 1.29 is 14.3 Å². The molecule has 1 unspecified atom stereocenters. The summed E-state index contributed by atoms with van der Waals surface area (Å²) in [6, 6.07) is 13.1. The van der Waals surface area contributed by atoms with E-state index in [1.54, 1.807) is 22.8 Å². The monoisotopic (exact) mass is 506 g/mol. The number of methoxy groups -OCH3 is 1. The number of nitrogens with one attached hydrogen (secondary N) is 2. The number of pyridine rings is 1. The number of carbonyl (C=O) groups is 2. The Labute approximate surface area is 215 Å². The third kappa shape index (κ3) is 5.39. The van der Waals surface area contributed by atoms with Crippen LogP contribution in [0.1, 0.15) is 43.2 Å². The van der Waals surface area contributed by atoms with Crippen molar-refractivity contribution in [1.29, 1.82) is 0 Å². The minimum atomic E-state index is -0.571. The zero-order valence-corrected chi connectivity index (χ0v) is 21.1. The summed E-state index contributed by atoms with van der Waals surface area (Å²) in [5.74, 6) is 0.153. The first-order valence-corrected chi connectivity index (χ1v) is 13.0. The number of amides is 3. The number of hydrogen-bond acceptors (Lipinski definition) is 5. The first-order valence-electron chi connectivity index (χ1n) is 13.0. The molecular weight excluding hydrogens is 472 g/mol. The molecule has 196 valence electrons. The Balaban J connectivity index is 1.23. The van der Waals surface area contributed by atoms with E-state index in [4.69, 9.17) is 4.74 Å². The van der Waals surface area contributed by atoms with Crippen LogP contribution in [0.5, 0.6) is 0 Å². The lowest BCUT2D eigenvalue weighted by Crippen LogP contribution is -2.53. The number of piperidine rings is 1. The summed E-state index contributed by atoms with van der Waals surface area (Å²) < 4.78 is 7.00. The first-order chi connectivity index (χ1) is 18.0. The fraction of sp³-hybridized carbons (Fsp3) is 0.481. The average Bonchev–Trinajstić information content (AvgIpc) is 3.19. The predicted molar refractivity (Wildman–Crippen MR) is 139 cm³/mol. The van der Waals surface area contributed by atoms with Crippen LogP contribution in [-0.4, -0.2) is 82.2 Å². The number of nitrogens with zero attached hydrogens (tertiary/aromatic N) is 4. The fourth-order valence-corrected chi connectivity index (χ4v) is 5.58. The number of imidazole rings is 1. The zero-order valence-electron chi connectivity index (χ0n) is 21.1. The normalized spacial score (nSPS) is 21.3. The van der Waals surface area contributed by atoms with E-state index in [2.05, 4.69) is 27.4 Å². The van der Waals surface area contributed by atoms with E-state index in [1.165, 1.54) is 5.56 Å². The average molecular weight is 507 g/mol. The van der Waals surface area contributed by atoms with Gasteiger partial charge in [-0.2, -0.15) is 0 Å². The van der Waals surface area contributed by atoms with Gasteiger partial charge in [0.15, 0.2) is 5.65 Å². The van der Waals surface area contributed by atoms with Gasteiger partial charge in [0.1, 0.15) is 6.04 Å². The van der Waals surface area contributed by atoms with Gasteiger partial charge >= 0.3 is 11.7 Å². The smallest absolute Gasteiger partial charge is 0.327 e. The molecule has 2 aromatic heterocycles. The van der Waals surface area contributed by atoms with Crippen LogP contribution < -0.4 is 11.0 Å². The molecule has 2 N–H and O–H groups in total. The summed E-state index contributed by atoms with van der Waals surface area (Å²) in [7, 11) is 1.63. The number of likely N-dealkylation sites (tertiary alicyclic amines) is 2. The molecule has 0 radical (unpaired) electrons. The molecule has 2 saturated heterocycles. The molecule has 0 spiro atoms. The van der Waals surface area contributed by atoms with Crippen LogP contribution in [-0.2, 0) is 9.53 Å². The Morgan fingerprint density at radius 2 is 1.86 bits per heavy atom. The molecule has 0 saturated carbocycles. The van der Waals surface area contributed by atoms with Gasteiger partial charge in [-0.1, -0.05) is 30.3 Å². The van der Waals surface area contributed by atoms with Crippen molar-refractivity contribution in [3.63, 3.8) is 0 Å². The molecule has 0 bridgehead atoms. The highest BCUT2D eigenvalue weighted by molar-refractivity contribution is 5.87. The molecule has 1 aromatic carbocycles. The summed E-state index contributed by atoms with van der Waals surface area (Å²) in [5.41, 5.74) is 2.38. The number of fused-ring (bicyclic) bond motifs is 1. The Hall–Kier alpha value is -3.66. The van der Waals surface area contributed by atoms with Crippen LogP contribution in [0.15, 0.2) is 53.5 Å². The molecule has 37 heavy (non-hydrogen) atoms. The second-order valence-electron chi connectivity index (χ2n) is 9.85. The highest BCUT2D eigenvalue weighted by atomic mass is 16.5. The van der Waals surface area contributed by atoms with E-state index in [-0.39, 0.29) is 29.6 Å². The van der Waals surface area contributed by atoms with Crippen LogP contribution in [0.2, 0.25) is 0 Å². The van der Waals surface area contributed by atoms with E-state index in [0.717, 1.165) is 11.9 Å². The summed E-state index contributed by atoms with van der Waals surface area (Å²) >= 11 is 0. The predicted octanol–water partition coefficient (Wildman–Crippen LogP) is 2.49.